The third kappa shape index (κ3) is 3.08. The largest absolute Gasteiger partial charge is 0.349 e. The Labute approximate surface area is 143 Å². The number of aryl methyl sites for hydroxylation is 1. The monoisotopic (exact) mass is 351 g/mol. The zero-order valence-corrected chi connectivity index (χ0v) is 15.3. The minimum atomic E-state index is -3.54. The molecular weight excluding hydrogens is 326 g/mol. The van der Waals surface area contributed by atoms with Crippen LogP contribution in [0.1, 0.15) is 18.9 Å². The molecule has 2 saturated heterocycles. The zero-order valence-electron chi connectivity index (χ0n) is 14.4. The van der Waals surface area contributed by atoms with E-state index < -0.39 is 15.6 Å². The first kappa shape index (κ1) is 17.4. The Balaban J connectivity index is 1.90. The number of piperidine rings is 1. The van der Waals surface area contributed by atoms with E-state index in [1.807, 2.05) is 26.1 Å². The molecule has 0 aliphatic carbocycles. The van der Waals surface area contributed by atoms with Crippen molar-refractivity contribution in [1.82, 2.24) is 14.5 Å². The highest BCUT2D eigenvalue weighted by Crippen LogP contribution is 2.37. The second kappa shape index (κ2) is 6.13. The molecule has 2 fully saturated rings. The van der Waals surface area contributed by atoms with Crippen LogP contribution in [0.15, 0.2) is 29.2 Å². The number of carbonyl (C=O) groups excluding carboxylic acids is 1. The first-order chi connectivity index (χ1) is 11.2. The Kier molecular flexibility index (Phi) is 4.44. The standard InChI is InChI=1S/C17H25N3O3S/c1-13-4-6-16(7-5-13)24(22,23)20-11-15-10-19(3)9-8-17(15,12-20)18-14(2)21/h4-7,15H,8-12H2,1-3H3,(H,18,21)/t15-,17-/m1/s1. The van der Waals surface area contributed by atoms with Crippen molar-refractivity contribution in [3.05, 3.63) is 29.8 Å². The summed E-state index contributed by atoms with van der Waals surface area (Å²) >= 11 is 0. The molecule has 0 saturated carbocycles. The molecule has 0 radical (unpaired) electrons. The lowest BCUT2D eigenvalue weighted by atomic mass is 9.80. The number of benzene rings is 1. The van der Waals surface area contributed by atoms with Crippen LogP contribution in [0.25, 0.3) is 0 Å². The molecule has 1 aromatic rings. The van der Waals surface area contributed by atoms with Gasteiger partial charge >= 0.3 is 0 Å². The molecule has 1 aromatic carbocycles. The van der Waals surface area contributed by atoms with E-state index in [4.69, 9.17) is 0 Å². The van der Waals surface area contributed by atoms with Gasteiger partial charge in [0, 0.05) is 39.0 Å². The van der Waals surface area contributed by atoms with Gasteiger partial charge in [-0.15, -0.1) is 0 Å². The molecule has 24 heavy (non-hydrogen) atoms. The van der Waals surface area contributed by atoms with Gasteiger partial charge in [0.1, 0.15) is 0 Å². The molecule has 6 nitrogen and oxygen atoms in total. The third-order valence-electron chi connectivity index (χ3n) is 5.22. The number of likely N-dealkylation sites (tertiary alicyclic amines) is 1. The first-order valence-electron chi connectivity index (χ1n) is 8.27. The highest BCUT2D eigenvalue weighted by Gasteiger charge is 2.52. The van der Waals surface area contributed by atoms with Gasteiger partial charge < -0.3 is 10.2 Å². The minimum absolute atomic E-state index is 0.0980. The fraction of sp³-hybridized carbons (Fsp3) is 0.588. The van der Waals surface area contributed by atoms with Crippen molar-refractivity contribution in [2.75, 3.05) is 33.2 Å². The Hall–Kier alpha value is -1.44. The maximum absolute atomic E-state index is 13.0. The fourth-order valence-electron chi connectivity index (χ4n) is 3.90. The van der Waals surface area contributed by atoms with Crippen LogP contribution < -0.4 is 5.32 Å². The first-order valence-corrected chi connectivity index (χ1v) is 9.71. The highest BCUT2D eigenvalue weighted by molar-refractivity contribution is 7.89. The molecule has 0 spiro atoms. The van der Waals surface area contributed by atoms with Crippen LogP contribution in [0.5, 0.6) is 0 Å². The number of hydrogen-bond donors (Lipinski definition) is 1. The van der Waals surface area contributed by atoms with E-state index in [-0.39, 0.29) is 11.8 Å². The maximum atomic E-state index is 13.0. The lowest BCUT2D eigenvalue weighted by Gasteiger charge is -2.42. The summed E-state index contributed by atoms with van der Waals surface area (Å²) in [6.45, 7) is 5.88. The van der Waals surface area contributed by atoms with Crippen LogP contribution >= 0.6 is 0 Å². The van der Waals surface area contributed by atoms with Gasteiger partial charge in [0.2, 0.25) is 15.9 Å². The average Bonchev–Trinajstić information content (AvgIpc) is 2.86. The van der Waals surface area contributed by atoms with Crippen molar-refractivity contribution in [2.24, 2.45) is 5.92 Å². The van der Waals surface area contributed by atoms with Crippen molar-refractivity contribution in [3.8, 4) is 0 Å². The van der Waals surface area contributed by atoms with Crippen LogP contribution in [0.2, 0.25) is 0 Å². The normalized spacial score (nSPS) is 28.5. The van der Waals surface area contributed by atoms with Gasteiger partial charge in [-0.2, -0.15) is 4.31 Å². The lowest BCUT2D eigenvalue weighted by molar-refractivity contribution is -0.121. The number of sulfonamides is 1. The molecule has 1 N–H and O–H groups in total. The smallest absolute Gasteiger partial charge is 0.243 e. The predicted octanol–water partition coefficient (Wildman–Crippen LogP) is 0.826. The molecule has 2 atom stereocenters. The van der Waals surface area contributed by atoms with Gasteiger partial charge in [-0.3, -0.25) is 4.79 Å². The summed E-state index contributed by atoms with van der Waals surface area (Å²) < 4.78 is 27.5. The number of carbonyl (C=O) groups is 1. The Morgan fingerprint density at radius 2 is 1.92 bits per heavy atom. The average molecular weight is 351 g/mol. The number of amides is 1. The molecule has 3 rings (SSSR count). The van der Waals surface area contributed by atoms with Gasteiger partial charge in [-0.25, -0.2) is 8.42 Å². The van der Waals surface area contributed by atoms with E-state index in [1.54, 1.807) is 12.1 Å². The number of fused-ring (bicyclic) bond motifs is 1. The molecule has 0 unspecified atom stereocenters. The molecular formula is C17H25N3O3S. The Morgan fingerprint density at radius 3 is 2.54 bits per heavy atom. The topological polar surface area (TPSA) is 69.7 Å². The van der Waals surface area contributed by atoms with Crippen LogP contribution in [0, 0.1) is 12.8 Å². The molecule has 0 bridgehead atoms. The summed E-state index contributed by atoms with van der Waals surface area (Å²) in [7, 11) is -1.51. The second-order valence-corrected chi connectivity index (χ2v) is 9.10. The molecule has 7 heteroatoms. The van der Waals surface area contributed by atoms with Gasteiger partial charge in [-0.1, -0.05) is 17.7 Å². The van der Waals surface area contributed by atoms with E-state index >= 15 is 0 Å². The molecule has 132 valence electrons. The van der Waals surface area contributed by atoms with E-state index in [1.165, 1.54) is 11.2 Å². The minimum Gasteiger partial charge on any atom is -0.349 e. The van der Waals surface area contributed by atoms with Crippen LogP contribution in [-0.4, -0.2) is 62.3 Å². The zero-order chi connectivity index (χ0) is 17.5. The number of nitrogens with zero attached hydrogens (tertiary/aromatic N) is 2. The third-order valence-corrected chi connectivity index (χ3v) is 7.05. The summed E-state index contributed by atoms with van der Waals surface area (Å²) in [4.78, 5) is 14.2. The van der Waals surface area contributed by atoms with Gasteiger partial charge in [0.25, 0.3) is 0 Å². The van der Waals surface area contributed by atoms with Gasteiger partial charge in [0.15, 0.2) is 0 Å². The van der Waals surface area contributed by atoms with E-state index in [2.05, 4.69) is 10.2 Å². The summed E-state index contributed by atoms with van der Waals surface area (Å²) in [5.41, 5.74) is 0.580. The number of hydrogen-bond acceptors (Lipinski definition) is 4. The number of nitrogens with one attached hydrogen (secondary N) is 1. The molecule has 1 amide bonds. The Bertz CT molecular complexity index is 732. The van der Waals surface area contributed by atoms with Gasteiger partial charge in [0.05, 0.1) is 10.4 Å². The predicted molar refractivity (Wildman–Crippen MR) is 92.1 cm³/mol. The molecule has 2 aliphatic heterocycles. The molecule has 0 aromatic heterocycles. The van der Waals surface area contributed by atoms with Gasteiger partial charge in [-0.05, 0) is 32.5 Å². The highest BCUT2D eigenvalue weighted by atomic mass is 32.2. The van der Waals surface area contributed by atoms with Crippen LogP contribution in [0.3, 0.4) is 0 Å². The summed E-state index contributed by atoms with van der Waals surface area (Å²) in [6.07, 6.45) is 0.771. The van der Waals surface area contributed by atoms with E-state index in [0.29, 0.717) is 18.0 Å². The van der Waals surface area contributed by atoms with Crippen LogP contribution in [0.4, 0.5) is 0 Å². The van der Waals surface area contributed by atoms with Crippen molar-refractivity contribution in [2.45, 2.75) is 30.7 Å². The quantitative estimate of drug-likeness (QED) is 0.876. The lowest BCUT2D eigenvalue weighted by Crippen LogP contribution is -2.60. The summed E-state index contributed by atoms with van der Waals surface area (Å²) in [5.74, 6) is 0.0134. The van der Waals surface area contributed by atoms with E-state index in [0.717, 1.165) is 25.1 Å². The SMILES string of the molecule is CC(=O)N[C@@]12CCN(C)C[C@@H]1CN(S(=O)(=O)c1ccc(C)cc1)C2. The van der Waals surface area contributed by atoms with Crippen molar-refractivity contribution in [1.29, 1.82) is 0 Å². The van der Waals surface area contributed by atoms with E-state index in [9.17, 15) is 13.2 Å². The second-order valence-electron chi connectivity index (χ2n) is 7.16. The molecule has 2 aliphatic rings. The van der Waals surface area contributed by atoms with Crippen molar-refractivity contribution < 1.29 is 13.2 Å². The summed E-state index contributed by atoms with van der Waals surface area (Å²) in [5, 5.41) is 3.07. The molecule has 2 heterocycles. The number of rotatable bonds is 3. The summed E-state index contributed by atoms with van der Waals surface area (Å²) in [6, 6.07) is 6.94. The van der Waals surface area contributed by atoms with Crippen molar-refractivity contribution in [3.63, 3.8) is 0 Å². The fourth-order valence-corrected chi connectivity index (χ4v) is 5.45. The Morgan fingerprint density at radius 1 is 1.25 bits per heavy atom. The van der Waals surface area contributed by atoms with Crippen molar-refractivity contribution >= 4 is 15.9 Å². The van der Waals surface area contributed by atoms with Crippen LogP contribution in [-0.2, 0) is 14.8 Å². The maximum Gasteiger partial charge on any atom is 0.243 e.